The molecule has 3 atom stereocenters. The zero-order valence-electron chi connectivity index (χ0n) is 21.6. The number of hydrogen-bond acceptors (Lipinski definition) is 7. The second-order valence-electron chi connectivity index (χ2n) is 9.30. The van der Waals surface area contributed by atoms with Crippen LogP contribution < -0.4 is 4.90 Å². The van der Waals surface area contributed by atoms with Gasteiger partial charge in [0.2, 0.25) is 5.91 Å². The molecule has 1 amide bonds. The van der Waals surface area contributed by atoms with Crippen molar-refractivity contribution in [2.45, 2.75) is 24.3 Å². The number of carbonyl (C=O) groups excluding carboxylic acids is 2. The van der Waals surface area contributed by atoms with Gasteiger partial charge in [0.1, 0.15) is 16.8 Å². The van der Waals surface area contributed by atoms with Crippen LogP contribution in [0.5, 0.6) is 5.75 Å². The predicted molar refractivity (Wildman–Crippen MR) is 152 cm³/mol. The van der Waals surface area contributed by atoms with Crippen LogP contribution in [-0.4, -0.2) is 44.7 Å². The van der Waals surface area contributed by atoms with E-state index in [0.29, 0.717) is 16.8 Å². The van der Waals surface area contributed by atoms with Crippen LogP contribution in [0.1, 0.15) is 40.6 Å². The first-order chi connectivity index (χ1) is 19.4. The first kappa shape index (κ1) is 27.4. The van der Waals surface area contributed by atoms with Crippen LogP contribution in [0.2, 0.25) is 0 Å². The highest BCUT2D eigenvalue weighted by Crippen LogP contribution is 2.46. The van der Waals surface area contributed by atoms with E-state index in [1.807, 2.05) is 24.3 Å². The first-order valence-electron chi connectivity index (χ1n) is 12.8. The molecule has 0 radical (unpaired) electrons. The molecular formula is C31H27FN2O5S. The number of rotatable bonds is 9. The van der Waals surface area contributed by atoms with Gasteiger partial charge in [0.25, 0.3) is 0 Å². The quantitative estimate of drug-likeness (QED) is 0.201. The number of phenols is 1. The molecule has 40 heavy (non-hydrogen) atoms. The number of amides is 1. The van der Waals surface area contributed by atoms with Crippen LogP contribution in [0, 0.1) is 5.82 Å². The molecule has 7 nitrogen and oxygen atoms in total. The number of anilines is 1. The van der Waals surface area contributed by atoms with Crippen molar-refractivity contribution in [1.82, 2.24) is 4.98 Å². The Morgan fingerprint density at radius 3 is 2.40 bits per heavy atom. The Morgan fingerprint density at radius 1 is 1.02 bits per heavy atom. The molecule has 4 aromatic rings. The Hall–Kier alpha value is -4.21. The molecule has 0 saturated carbocycles. The van der Waals surface area contributed by atoms with E-state index < -0.39 is 17.3 Å². The summed E-state index contributed by atoms with van der Waals surface area (Å²) in [5.74, 6) is -0.542. The number of pyridine rings is 1. The average Bonchev–Trinajstić information content (AvgIpc) is 2.97. The molecule has 0 unspecified atom stereocenters. The summed E-state index contributed by atoms with van der Waals surface area (Å²) in [6.45, 7) is 2.02. The van der Waals surface area contributed by atoms with Crippen molar-refractivity contribution in [3.8, 4) is 16.9 Å². The van der Waals surface area contributed by atoms with Crippen molar-refractivity contribution in [3.05, 3.63) is 114 Å². The summed E-state index contributed by atoms with van der Waals surface area (Å²) in [6, 6.07) is 21.2. The standard InChI is InChI=1S/C31H27FN2O5S/c1-2-39-31(38)23-15-22(16-33-17-23)19-5-11-25(12-6-19)34-28(21-7-13-26(35)14-8-21)29(30(34)37)40-18-27(36)20-3-9-24(32)10-4-20/h3-17,27-29,35-36H,2,18H2,1H3/t27-,28-,29-/m1/s1. The zero-order chi connectivity index (χ0) is 28.2. The molecule has 1 aliphatic rings. The normalized spacial score (nSPS) is 17.3. The number of thioether (sulfide) groups is 1. The number of phenolic OH excluding ortho intramolecular Hbond substituents is 1. The van der Waals surface area contributed by atoms with Gasteiger partial charge in [-0.3, -0.25) is 9.78 Å². The SMILES string of the molecule is CCOC(=O)c1cncc(-c2ccc(N3C(=O)[C@H](SC[C@@H](O)c4ccc(F)cc4)[C@H]3c3ccc(O)cc3)cc2)c1. The summed E-state index contributed by atoms with van der Waals surface area (Å²) in [4.78, 5) is 31.4. The summed E-state index contributed by atoms with van der Waals surface area (Å²) in [5.41, 5.74) is 4.04. The highest BCUT2D eigenvalue weighted by atomic mass is 32.2. The Balaban J connectivity index is 1.36. The third-order valence-corrected chi connectivity index (χ3v) is 8.02. The van der Waals surface area contributed by atoms with E-state index in [4.69, 9.17) is 4.74 Å². The van der Waals surface area contributed by atoms with Crippen LogP contribution in [0.4, 0.5) is 10.1 Å². The summed E-state index contributed by atoms with van der Waals surface area (Å²) < 4.78 is 18.3. The maximum absolute atomic E-state index is 13.4. The third-order valence-electron chi connectivity index (χ3n) is 6.70. The molecule has 204 valence electrons. The number of ether oxygens (including phenoxy) is 1. The Morgan fingerprint density at radius 2 is 1.73 bits per heavy atom. The van der Waals surface area contributed by atoms with Gasteiger partial charge in [-0.25, -0.2) is 9.18 Å². The van der Waals surface area contributed by atoms with E-state index >= 15 is 0 Å². The fraction of sp³-hybridized carbons (Fsp3) is 0.194. The minimum absolute atomic E-state index is 0.104. The molecule has 1 aromatic heterocycles. The molecule has 0 bridgehead atoms. The monoisotopic (exact) mass is 558 g/mol. The molecule has 0 spiro atoms. The maximum atomic E-state index is 13.4. The number of benzene rings is 3. The predicted octanol–water partition coefficient (Wildman–Crippen LogP) is 5.69. The Bertz CT molecular complexity index is 1500. The van der Waals surface area contributed by atoms with E-state index in [-0.39, 0.29) is 35.9 Å². The lowest BCUT2D eigenvalue weighted by molar-refractivity contribution is -0.123. The highest BCUT2D eigenvalue weighted by molar-refractivity contribution is 8.00. The number of carbonyl (C=O) groups is 2. The average molecular weight is 559 g/mol. The van der Waals surface area contributed by atoms with E-state index in [1.165, 1.54) is 42.2 Å². The summed E-state index contributed by atoms with van der Waals surface area (Å²) in [6.07, 6.45) is 2.26. The van der Waals surface area contributed by atoms with E-state index in [9.17, 15) is 24.2 Å². The van der Waals surface area contributed by atoms with Gasteiger partial charge in [0.05, 0.1) is 24.3 Å². The van der Waals surface area contributed by atoms with Gasteiger partial charge in [-0.05, 0) is 66.1 Å². The minimum Gasteiger partial charge on any atom is -0.508 e. The zero-order valence-corrected chi connectivity index (χ0v) is 22.4. The topological polar surface area (TPSA) is 100.0 Å². The molecule has 5 rings (SSSR count). The Labute approximate surface area is 235 Å². The van der Waals surface area contributed by atoms with E-state index in [1.54, 1.807) is 48.4 Å². The van der Waals surface area contributed by atoms with Crippen molar-refractivity contribution in [3.63, 3.8) is 0 Å². The summed E-state index contributed by atoms with van der Waals surface area (Å²) in [5, 5.41) is 20.0. The van der Waals surface area contributed by atoms with Gasteiger partial charge in [-0.1, -0.05) is 36.4 Å². The van der Waals surface area contributed by atoms with E-state index in [0.717, 1.165) is 16.7 Å². The minimum atomic E-state index is -0.855. The fourth-order valence-electron chi connectivity index (χ4n) is 4.62. The molecule has 2 heterocycles. The maximum Gasteiger partial charge on any atom is 0.339 e. The highest BCUT2D eigenvalue weighted by Gasteiger charge is 2.49. The van der Waals surface area contributed by atoms with Crippen LogP contribution in [0.25, 0.3) is 11.1 Å². The second-order valence-corrected chi connectivity index (χ2v) is 10.5. The largest absolute Gasteiger partial charge is 0.508 e. The fourth-order valence-corrected chi connectivity index (χ4v) is 5.92. The molecule has 2 N–H and O–H groups in total. The number of β-lactam (4-membered cyclic amide) rings is 1. The van der Waals surface area contributed by atoms with Crippen molar-refractivity contribution in [2.24, 2.45) is 0 Å². The van der Waals surface area contributed by atoms with Crippen molar-refractivity contribution < 1.29 is 28.9 Å². The van der Waals surface area contributed by atoms with Gasteiger partial charge in [0, 0.05) is 29.4 Å². The third kappa shape index (κ3) is 5.71. The molecule has 1 fully saturated rings. The molecule has 1 aliphatic heterocycles. The molecular weight excluding hydrogens is 531 g/mol. The van der Waals surface area contributed by atoms with Gasteiger partial charge in [-0.2, -0.15) is 0 Å². The number of halogens is 1. The number of hydrogen-bond donors (Lipinski definition) is 2. The van der Waals surface area contributed by atoms with Crippen LogP contribution in [-0.2, 0) is 9.53 Å². The second kappa shape index (κ2) is 11.9. The summed E-state index contributed by atoms with van der Waals surface area (Å²) in [7, 11) is 0. The Kier molecular flexibility index (Phi) is 8.14. The van der Waals surface area contributed by atoms with Crippen LogP contribution in [0.15, 0.2) is 91.3 Å². The van der Waals surface area contributed by atoms with Crippen molar-refractivity contribution in [2.75, 3.05) is 17.3 Å². The lowest BCUT2D eigenvalue weighted by Gasteiger charge is -2.47. The smallest absolute Gasteiger partial charge is 0.339 e. The number of aliphatic hydroxyl groups excluding tert-OH is 1. The van der Waals surface area contributed by atoms with Gasteiger partial charge < -0.3 is 19.8 Å². The molecule has 1 saturated heterocycles. The van der Waals surface area contributed by atoms with Crippen molar-refractivity contribution >= 4 is 29.3 Å². The number of nitrogens with zero attached hydrogens (tertiary/aromatic N) is 2. The van der Waals surface area contributed by atoms with Gasteiger partial charge >= 0.3 is 5.97 Å². The number of aromatic hydroxyl groups is 1. The number of aromatic nitrogens is 1. The van der Waals surface area contributed by atoms with Gasteiger partial charge in [0.15, 0.2) is 0 Å². The van der Waals surface area contributed by atoms with E-state index in [2.05, 4.69) is 4.98 Å². The van der Waals surface area contributed by atoms with Crippen LogP contribution >= 0.6 is 11.8 Å². The molecule has 9 heteroatoms. The van der Waals surface area contributed by atoms with Gasteiger partial charge in [-0.15, -0.1) is 11.8 Å². The summed E-state index contributed by atoms with van der Waals surface area (Å²) >= 11 is 1.34. The number of aliphatic hydroxyl groups is 1. The first-order valence-corrected chi connectivity index (χ1v) is 13.8. The van der Waals surface area contributed by atoms with Crippen molar-refractivity contribution in [1.29, 1.82) is 0 Å². The van der Waals surface area contributed by atoms with Crippen LogP contribution in [0.3, 0.4) is 0 Å². The lowest BCUT2D eigenvalue weighted by atomic mass is 9.92. The number of esters is 1. The molecule has 3 aromatic carbocycles. The lowest BCUT2D eigenvalue weighted by Crippen LogP contribution is -2.57. The molecule has 0 aliphatic carbocycles.